The molecule has 0 unspecified atom stereocenters. The highest BCUT2D eigenvalue weighted by molar-refractivity contribution is 5.97. The number of rotatable bonds is 6. The molecule has 0 aliphatic carbocycles. The van der Waals surface area contributed by atoms with Gasteiger partial charge in [0.2, 0.25) is 0 Å². The fraction of sp³-hybridized carbons (Fsp3) is 0.750. The molecule has 0 spiro atoms. The van der Waals surface area contributed by atoms with Gasteiger partial charge in [-0.3, -0.25) is 9.59 Å². The van der Waals surface area contributed by atoms with Gasteiger partial charge in [0.1, 0.15) is 11.6 Å². The van der Waals surface area contributed by atoms with Crippen LogP contribution in [0.1, 0.15) is 60.8 Å². The topological polar surface area (TPSA) is 82.4 Å². The van der Waals surface area contributed by atoms with E-state index < -0.39 is 0 Å². The van der Waals surface area contributed by atoms with Crippen molar-refractivity contribution in [3.63, 3.8) is 0 Å². The molecule has 6 nitrogen and oxygen atoms in total. The molecule has 0 aromatic rings. The van der Waals surface area contributed by atoms with E-state index in [2.05, 4.69) is 39.9 Å². The van der Waals surface area contributed by atoms with Crippen molar-refractivity contribution in [2.45, 2.75) is 66.3 Å². The van der Waals surface area contributed by atoms with E-state index in [1.54, 1.807) is 11.8 Å². The summed E-state index contributed by atoms with van der Waals surface area (Å²) in [5, 5.41) is 12.6. The number of nitriles is 1. The third kappa shape index (κ3) is 7.07. The van der Waals surface area contributed by atoms with Gasteiger partial charge in [0, 0.05) is 24.8 Å². The number of piperidine rings is 1. The second-order valence-electron chi connectivity index (χ2n) is 8.75. The molecule has 1 saturated heterocycles. The molecule has 0 radical (unpaired) electrons. The average molecular weight is 364 g/mol. The molecule has 0 saturated carbocycles. The third-order valence-corrected chi connectivity index (χ3v) is 4.33. The normalized spacial score (nSPS) is 16.8. The molecule has 1 heterocycles. The Morgan fingerprint density at radius 2 is 1.81 bits per heavy atom. The van der Waals surface area contributed by atoms with Crippen LogP contribution in [0.15, 0.2) is 11.8 Å². The van der Waals surface area contributed by atoms with Crippen LogP contribution in [-0.2, 0) is 14.3 Å². The third-order valence-electron chi connectivity index (χ3n) is 4.33. The van der Waals surface area contributed by atoms with Crippen LogP contribution in [0.25, 0.3) is 0 Å². The van der Waals surface area contributed by atoms with E-state index in [0.717, 1.165) is 6.42 Å². The number of carbonyl (C=O) groups is 2. The van der Waals surface area contributed by atoms with Gasteiger partial charge in [-0.05, 0) is 45.4 Å². The number of nitrogens with zero attached hydrogens (tertiary/aromatic N) is 2. The zero-order chi connectivity index (χ0) is 20.0. The van der Waals surface area contributed by atoms with Crippen molar-refractivity contribution in [2.24, 2.45) is 11.3 Å². The lowest BCUT2D eigenvalue weighted by atomic mass is 9.82. The Morgan fingerprint density at radius 1 is 1.23 bits per heavy atom. The van der Waals surface area contributed by atoms with Crippen LogP contribution < -0.4 is 5.32 Å². The van der Waals surface area contributed by atoms with Crippen molar-refractivity contribution >= 4 is 11.9 Å². The summed E-state index contributed by atoms with van der Waals surface area (Å²) in [6.07, 6.45) is 3.58. The Morgan fingerprint density at radius 3 is 2.27 bits per heavy atom. The molecular formula is C20H33N3O3. The molecule has 1 fully saturated rings. The van der Waals surface area contributed by atoms with Crippen molar-refractivity contribution in [1.29, 1.82) is 5.26 Å². The van der Waals surface area contributed by atoms with E-state index in [9.17, 15) is 14.9 Å². The zero-order valence-electron chi connectivity index (χ0n) is 17.0. The summed E-state index contributed by atoms with van der Waals surface area (Å²) in [4.78, 5) is 26.0. The lowest BCUT2D eigenvalue weighted by Gasteiger charge is -2.33. The van der Waals surface area contributed by atoms with E-state index in [-0.39, 0.29) is 34.3 Å². The summed E-state index contributed by atoms with van der Waals surface area (Å²) in [7, 11) is 0. The van der Waals surface area contributed by atoms with Gasteiger partial charge in [0.25, 0.3) is 5.91 Å². The van der Waals surface area contributed by atoms with Gasteiger partial charge in [-0.15, -0.1) is 0 Å². The summed E-state index contributed by atoms with van der Waals surface area (Å²) < 4.78 is 5.05. The number of nitrogens with one attached hydrogen (secondary N) is 1. The minimum atomic E-state index is -0.283. The van der Waals surface area contributed by atoms with Crippen molar-refractivity contribution < 1.29 is 14.3 Å². The minimum Gasteiger partial charge on any atom is -0.466 e. The number of carbonyl (C=O) groups excluding carboxylic acids is 2. The lowest BCUT2D eigenvalue weighted by molar-refractivity contribution is -0.150. The molecule has 6 heteroatoms. The largest absolute Gasteiger partial charge is 0.466 e. The first kappa shape index (κ1) is 22.0. The number of esters is 1. The number of hydrogen-bond acceptors (Lipinski definition) is 5. The van der Waals surface area contributed by atoms with Gasteiger partial charge in [0.15, 0.2) is 0 Å². The Hall–Kier alpha value is -2.03. The number of likely N-dealkylation sites (tertiary alicyclic amines) is 1. The molecule has 1 N–H and O–H groups in total. The number of amides is 1. The highest BCUT2D eigenvalue weighted by Crippen LogP contribution is 2.27. The van der Waals surface area contributed by atoms with Crippen molar-refractivity contribution in [3.8, 4) is 6.07 Å². The van der Waals surface area contributed by atoms with E-state index in [4.69, 9.17) is 4.74 Å². The monoisotopic (exact) mass is 363 g/mol. The van der Waals surface area contributed by atoms with E-state index in [1.807, 2.05) is 6.07 Å². The molecule has 1 rings (SSSR count). The van der Waals surface area contributed by atoms with Gasteiger partial charge in [-0.25, -0.2) is 0 Å². The summed E-state index contributed by atoms with van der Waals surface area (Å²) in [5.74, 6) is -0.632. The summed E-state index contributed by atoms with van der Waals surface area (Å²) >= 11 is 0. The molecular weight excluding hydrogens is 330 g/mol. The maximum Gasteiger partial charge on any atom is 0.309 e. The summed E-state index contributed by atoms with van der Waals surface area (Å²) in [6.45, 7) is 13.7. The van der Waals surface area contributed by atoms with Crippen molar-refractivity contribution in [3.05, 3.63) is 11.8 Å². The standard InChI is InChI=1S/C20H33N3O3/c1-7-26-18(25)15-8-10-23(11-9-15)17(24)16(12-21)13-22-20(5,6)14-19(2,3)4/h13,15,22H,7-11,14H2,1-6H3/b16-13-. The van der Waals surface area contributed by atoms with Crippen LogP contribution in [-0.4, -0.2) is 42.0 Å². The van der Waals surface area contributed by atoms with Gasteiger partial charge in [0.05, 0.1) is 12.5 Å². The maximum absolute atomic E-state index is 12.6. The maximum atomic E-state index is 12.6. The van der Waals surface area contributed by atoms with Crippen LogP contribution in [0.3, 0.4) is 0 Å². The first-order valence-electron chi connectivity index (χ1n) is 9.33. The quantitative estimate of drug-likeness (QED) is 0.446. The van der Waals surface area contributed by atoms with Crippen molar-refractivity contribution in [1.82, 2.24) is 10.2 Å². The second kappa shape index (κ2) is 9.07. The van der Waals surface area contributed by atoms with Crippen molar-refractivity contribution in [2.75, 3.05) is 19.7 Å². The molecule has 146 valence electrons. The second-order valence-corrected chi connectivity index (χ2v) is 8.75. The Labute approximate surface area is 157 Å². The highest BCUT2D eigenvalue weighted by atomic mass is 16.5. The lowest BCUT2D eigenvalue weighted by Crippen LogP contribution is -2.42. The zero-order valence-corrected chi connectivity index (χ0v) is 17.0. The Kier molecular flexibility index (Phi) is 7.68. The number of hydrogen-bond donors (Lipinski definition) is 1. The van der Waals surface area contributed by atoms with Crippen LogP contribution >= 0.6 is 0 Å². The van der Waals surface area contributed by atoms with Crippen LogP contribution in [0, 0.1) is 22.7 Å². The van der Waals surface area contributed by atoms with Gasteiger partial charge in [-0.2, -0.15) is 5.26 Å². The smallest absolute Gasteiger partial charge is 0.309 e. The van der Waals surface area contributed by atoms with E-state index in [0.29, 0.717) is 32.5 Å². The van der Waals surface area contributed by atoms with Crippen LogP contribution in [0.5, 0.6) is 0 Å². The molecule has 1 aliphatic heterocycles. The van der Waals surface area contributed by atoms with Crippen LogP contribution in [0.4, 0.5) is 0 Å². The Bertz CT molecular complexity index is 574. The molecule has 1 amide bonds. The Balaban J connectivity index is 2.67. The molecule has 0 aromatic carbocycles. The van der Waals surface area contributed by atoms with Gasteiger partial charge >= 0.3 is 5.97 Å². The molecule has 1 aliphatic rings. The molecule has 0 bridgehead atoms. The fourth-order valence-corrected chi connectivity index (χ4v) is 3.53. The summed E-state index contributed by atoms with van der Waals surface area (Å²) in [6, 6.07) is 2.00. The predicted molar refractivity (Wildman–Crippen MR) is 101 cm³/mol. The van der Waals surface area contributed by atoms with E-state index in [1.165, 1.54) is 6.20 Å². The van der Waals surface area contributed by atoms with Gasteiger partial charge < -0.3 is 15.0 Å². The SMILES string of the molecule is CCOC(=O)C1CCN(C(=O)/C(C#N)=C\NC(C)(C)CC(C)(C)C)CC1. The van der Waals surface area contributed by atoms with E-state index >= 15 is 0 Å². The minimum absolute atomic E-state index is 0.0987. The van der Waals surface area contributed by atoms with Crippen LogP contribution in [0.2, 0.25) is 0 Å². The highest BCUT2D eigenvalue weighted by Gasteiger charge is 2.30. The average Bonchev–Trinajstić information content (AvgIpc) is 2.53. The molecule has 26 heavy (non-hydrogen) atoms. The predicted octanol–water partition coefficient (Wildman–Crippen LogP) is 3.00. The van der Waals surface area contributed by atoms with Gasteiger partial charge in [-0.1, -0.05) is 20.8 Å². The fourth-order valence-electron chi connectivity index (χ4n) is 3.53. The number of ether oxygens (including phenoxy) is 1. The molecule has 0 atom stereocenters. The summed E-state index contributed by atoms with van der Waals surface area (Å²) in [5.41, 5.74) is 0.00906. The first-order valence-corrected chi connectivity index (χ1v) is 9.33. The first-order chi connectivity index (χ1) is 12.0. The molecule has 0 aromatic heterocycles.